The molecule has 16 heavy (non-hydrogen) atoms. The van der Waals surface area contributed by atoms with Gasteiger partial charge in [0.15, 0.2) is 0 Å². The van der Waals surface area contributed by atoms with Gasteiger partial charge in [0.2, 0.25) is 0 Å². The Morgan fingerprint density at radius 2 is 2.06 bits per heavy atom. The summed E-state index contributed by atoms with van der Waals surface area (Å²) in [4.78, 5) is 1.32. The summed E-state index contributed by atoms with van der Waals surface area (Å²) in [6.45, 7) is 6.05. The lowest BCUT2D eigenvalue weighted by atomic mass is 10.0. The van der Waals surface area contributed by atoms with Crippen LogP contribution in [-0.4, -0.2) is 0 Å². The lowest BCUT2D eigenvalue weighted by Gasteiger charge is -2.08. The predicted molar refractivity (Wildman–Crippen MR) is 69.5 cm³/mol. The second-order valence-corrected chi connectivity index (χ2v) is 5.56. The average molecular weight is 255 g/mol. The van der Waals surface area contributed by atoms with Crippen molar-refractivity contribution in [2.24, 2.45) is 0 Å². The lowest BCUT2D eigenvalue weighted by Crippen LogP contribution is -1.96. The van der Waals surface area contributed by atoms with E-state index in [0.29, 0.717) is 0 Å². The Morgan fingerprint density at radius 1 is 1.31 bits per heavy atom. The van der Waals surface area contributed by atoms with E-state index in [1.165, 1.54) is 10.4 Å². The summed E-state index contributed by atoms with van der Waals surface area (Å²) in [5.74, 6) is 1.93. The SMILES string of the molecule is Cc1oc(C)c(C(Cl)Cc2cccs2)c1C. The Hall–Kier alpha value is -0.730. The molecule has 0 amide bonds. The largest absolute Gasteiger partial charge is 0.466 e. The van der Waals surface area contributed by atoms with Crippen LogP contribution in [0.1, 0.15) is 32.9 Å². The smallest absolute Gasteiger partial charge is 0.106 e. The maximum Gasteiger partial charge on any atom is 0.106 e. The Labute approximate surface area is 105 Å². The molecule has 86 valence electrons. The van der Waals surface area contributed by atoms with Crippen molar-refractivity contribution in [1.82, 2.24) is 0 Å². The van der Waals surface area contributed by atoms with E-state index in [-0.39, 0.29) is 5.38 Å². The number of thiophene rings is 1. The first-order chi connectivity index (χ1) is 7.59. The molecule has 0 N–H and O–H groups in total. The molecule has 2 aromatic rings. The van der Waals surface area contributed by atoms with Crippen LogP contribution < -0.4 is 0 Å². The number of halogens is 1. The molecule has 1 atom stereocenters. The zero-order valence-electron chi connectivity index (χ0n) is 9.71. The van der Waals surface area contributed by atoms with Gasteiger partial charge < -0.3 is 4.42 Å². The molecular weight excluding hydrogens is 240 g/mol. The third-order valence-corrected chi connectivity index (χ3v) is 4.16. The van der Waals surface area contributed by atoms with E-state index in [4.69, 9.17) is 16.0 Å². The number of furan rings is 1. The second-order valence-electron chi connectivity index (χ2n) is 4.00. The molecule has 0 aliphatic carbocycles. The highest BCUT2D eigenvalue weighted by atomic mass is 35.5. The van der Waals surface area contributed by atoms with Gasteiger partial charge in [0.25, 0.3) is 0 Å². The number of alkyl halides is 1. The summed E-state index contributed by atoms with van der Waals surface area (Å²) >= 11 is 8.22. The Kier molecular flexibility index (Phi) is 3.41. The molecule has 0 saturated carbocycles. The Balaban J connectivity index is 2.24. The van der Waals surface area contributed by atoms with E-state index >= 15 is 0 Å². The van der Waals surface area contributed by atoms with E-state index in [0.717, 1.165) is 23.5 Å². The van der Waals surface area contributed by atoms with E-state index in [1.807, 2.05) is 13.8 Å². The molecule has 2 heterocycles. The minimum absolute atomic E-state index is 0.0103. The number of aryl methyl sites for hydroxylation is 2. The first-order valence-corrected chi connectivity index (χ1v) is 6.64. The van der Waals surface area contributed by atoms with Gasteiger partial charge in [0.05, 0.1) is 5.38 Å². The summed E-state index contributed by atoms with van der Waals surface area (Å²) in [6, 6.07) is 4.18. The normalized spacial score (nSPS) is 13.0. The first kappa shape index (κ1) is 11.7. The zero-order valence-corrected chi connectivity index (χ0v) is 11.3. The number of rotatable bonds is 3. The zero-order chi connectivity index (χ0) is 11.7. The maximum atomic E-state index is 6.47. The van der Waals surface area contributed by atoms with Crippen LogP contribution in [0.3, 0.4) is 0 Å². The molecular formula is C13H15ClOS. The van der Waals surface area contributed by atoms with Crippen molar-refractivity contribution in [3.05, 3.63) is 45.0 Å². The van der Waals surface area contributed by atoms with Crippen LogP contribution in [0.25, 0.3) is 0 Å². The van der Waals surface area contributed by atoms with E-state index in [2.05, 4.69) is 24.4 Å². The number of hydrogen-bond donors (Lipinski definition) is 0. The molecule has 0 aromatic carbocycles. The predicted octanol–water partition coefficient (Wildman–Crippen LogP) is 4.79. The molecule has 2 aromatic heterocycles. The highest BCUT2D eigenvalue weighted by Gasteiger charge is 2.19. The summed E-state index contributed by atoms with van der Waals surface area (Å²) in [7, 11) is 0. The molecule has 1 nitrogen and oxygen atoms in total. The van der Waals surface area contributed by atoms with E-state index < -0.39 is 0 Å². The van der Waals surface area contributed by atoms with Crippen LogP contribution in [0.15, 0.2) is 21.9 Å². The fraction of sp³-hybridized carbons (Fsp3) is 0.385. The van der Waals surface area contributed by atoms with E-state index in [9.17, 15) is 0 Å². The molecule has 0 saturated heterocycles. The highest BCUT2D eigenvalue weighted by molar-refractivity contribution is 7.09. The Bertz CT molecular complexity index is 470. The fourth-order valence-corrected chi connectivity index (χ4v) is 3.30. The fourth-order valence-electron chi connectivity index (χ4n) is 1.98. The summed E-state index contributed by atoms with van der Waals surface area (Å²) in [5, 5.41) is 2.09. The topological polar surface area (TPSA) is 13.1 Å². The molecule has 0 aliphatic rings. The van der Waals surface area contributed by atoms with Crippen molar-refractivity contribution in [1.29, 1.82) is 0 Å². The second kappa shape index (κ2) is 4.64. The average Bonchev–Trinajstić information content (AvgIpc) is 2.77. The molecule has 2 rings (SSSR count). The van der Waals surface area contributed by atoms with Crippen LogP contribution >= 0.6 is 22.9 Å². The van der Waals surface area contributed by atoms with Gasteiger partial charge in [-0.1, -0.05) is 6.07 Å². The van der Waals surface area contributed by atoms with Crippen LogP contribution in [0.2, 0.25) is 0 Å². The van der Waals surface area contributed by atoms with Crippen LogP contribution in [0, 0.1) is 20.8 Å². The summed E-state index contributed by atoms with van der Waals surface area (Å²) in [5.41, 5.74) is 2.35. The number of hydrogen-bond acceptors (Lipinski definition) is 2. The standard InChI is InChI=1S/C13H15ClOS/c1-8-9(2)15-10(3)13(8)12(14)7-11-5-4-6-16-11/h4-6,12H,7H2,1-3H3. The van der Waals surface area contributed by atoms with Gasteiger partial charge in [-0.2, -0.15) is 0 Å². The van der Waals surface area contributed by atoms with Crippen molar-refractivity contribution < 1.29 is 4.42 Å². The van der Waals surface area contributed by atoms with Crippen molar-refractivity contribution in [2.75, 3.05) is 0 Å². The van der Waals surface area contributed by atoms with Crippen LogP contribution in [-0.2, 0) is 6.42 Å². The van der Waals surface area contributed by atoms with Crippen molar-refractivity contribution in [3.8, 4) is 0 Å². The van der Waals surface area contributed by atoms with Crippen molar-refractivity contribution in [2.45, 2.75) is 32.6 Å². The first-order valence-electron chi connectivity index (χ1n) is 5.32. The molecule has 0 radical (unpaired) electrons. The van der Waals surface area contributed by atoms with Crippen molar-refractivity contribution in [3.63, 3.8) is 0 Å². The molecule has 0 aliphatic heterocycles. The van der Waals surface area contributed by atoms with Gasteiger partial charge >= 0.3 is 0 Å². The molecule has 3 heteroatoms. The van der Waals surface area contributed by atoms with E-state index in [1.54, 1.807) is 11.3 Å². The molecule has 0 fully saturated rings. The maximum absolute atomic E-state index is 6.47. The minimum Gasteiger partial charge on any atom is -0.466 e. The van der Waals surface area contributed by atoms with Gasteiger partial charge in [-0.25, -0.2) is 0 Å². The van der Waals surface area contributed by atoms with Crippen LogP contribution in [0.5, 0.6) is 0 Å². The third kappa shape index (κ3) is 2.18. The third-order valence-electron chi connectivity index (χ3n) is 2.89. The summed E-state index contributed by atoms with van der Waals surface area (Å²) < 4.78 is 5.60. The van der Waals surface area contributed by atoms with Gasteiger partial charge in [-0.3, -0.25) is 0 Å². The summed E-state index contributed by atoms with van der Waals surface area (Å²) in [6.07, 6.45) is 0.875. The quantitative estimate of drug-likeness (QED) is 0.718. The Morgan fingerprint density at radius 3 is 2.56 bits per heavy atom. The molecule has 0 bridgehead atoms. The monoisotopic (exact) mass is 254 g/mol. The lowest BCUT2D eigenvalue weighted by molar-refractivity contribution is 0.499. The molecule has 0 spiro atoms. The van der Waals surface area contributed by atoms with Gasteiger partial charge in [0, 0.05) is 16.9 Å². The van der Waals surface area contributed by atoms with Crippen LogP contribution in [0.4, 0.5) is 0 Å². The highest BCUT2D eigenvalue weighted by Crippen LogP contribution is 2.34. The van der Waals surface area contributed by atoms with Crippen molar-refractivity contribution >= 4 is 22.9 Å². The van der Waals surface area contributed by atoms with Gasteiger partial charge in [-0.05, 0) is 37.8 Å². The minimum atomic E-state index is 0.0103. The van der Waals surface area contributed by atoms with Gasteiger partial charge in [0.1, 0.15) is 11.5 Å². The molecule has 1 unspecified atom stereocenters. The van der Waals surface area contributed by atoms with Gasteiger partial charge in [-0.15, -0.1) is 22.9 Å².